The first-order chi connectivity index (χ1) is 12.2. The van der Waals surface area contributed by atoms with E-state index >= 15 is 0 Å². The molecule has 2 atom stereocenters. The second-order valence-electron chi connectivity index (χ2n) is 5.37. The molecule has 1 rings (SSSR count). The zero-order valence-corrected chi connectivity index (χ0v) is 16.2. The molecule has 144 valence electrons. The Labute approximate surface area is 164 Å². The van der Waals surface area contributed by atoms with Crippen LogP contribution in [0.1, 0.15) is 23.7 Å². The first-order valence-corrected chi connectivity index (χ1v) is 9.53. The van der Waals surface area contributed by atoms with Gasteiger partial charge < -0.3 is 20.7 Å². The number of hydrogen-bond acceptors (Lipinski definition) is 6. The Hall–Kier alpha value is -1.48. The lowest BCUT2D eigenvalue weighted by Crippen LogP contribution is -2.33. The van der Waals surface area contributed by atoms with Crippen molar-refractivity contribution >= 4 is 52.7 Å². The number of Topliss-reactive ketones (excluding diaryl/α,β-unsaturated/α-hetero) is 1. The van der Waals surface area contributed by atoms with E-state index in [2.05, 4.69) is 0 Å². The van der Waals surface area contributed by atoms with Gasteiger partial charge in [0.25, 0.3) is 0 Å². The smallest absolute Gasteiger partial charge is 0.341 e. The van der Waals surface area contributed by atoms with Crippen LogP contribution in [0.4, 0.5) is 0 Å². The van der Waals surface area contributed by atoms with E-state index in [1.807, 2.05) is 6.92 Å². The van der Waals surface area contributed by atoms with Crippen molar-refractivity contribution in [2.75, 3.05) is 18.1 Å². The minimum absolute atomic E-state index is 0.00903. The highest BCUT2D eigenvalue weighted by Gasteiger charge is 2.24. The highest BCUT2D eigenvalue weighted by Crippen LogP contribution is 2.36. The second kappa shape index (κ2) is 10.6. The number of ketones is 1. The molecule has 4 N–H and O–H groups in total. The summed E-state index contributed by atoms with van der Waals surface area (Å²) >= 11 is 13.5. The number of benzene rings is 1. The SMILES string of the molecule is CC[C@H](CSC[C@H](N)C(=O)O)C(=O)c1ccc(OCC(=O)O)c(Cl)c1Cl. The molecule has 0 heterocycles. The van der Waals surface area contributed by atoms with Crippen molar-refractivity contribution in [2.45, 2.75) is 19.4 Å². The van der Waals surface area contributed by atoms with Crippen LogP contribution in [-0.4, -0.2) is 52.1 Å². The molecule has 26 heavy (non-hydrogen) atoms. The van der Waals surface area contributed by atoms with Crippen molar-refractivity contribution in [1.82, 2.24) is 0 Å². The van der Waals surface area contributed by atoms with E-state index in [0.717, 1.165) is 0 Å². The Bertz CT molecular complexity index is 685. The molecule has 0 unspecified atom stereocenters. The van der Waals surface area contributed by atoms with Gasteiger partial charge in [0.2, 0.25) is 0 Å². The molecule has 0 aliphatic rings. The molecule has 0 amide bonds. The van der Waals surface area contributed by atoms with E-state index in [4.69, 9.17) is 43.9 Å². The molecule has 10 heteroatoms. The Morgan fingerprint density at radius 3 is 2.38 bits per heavy atom. The van der Waals surface area contributed by atoms with Gasteiger partial charge in [-0.3, -0.25) is 9.59 Å². The fraction of sp³-hybridized carbons (Fsp3) is 0.438. The van der Waals surface area contributed by atoms with Gasteiger partial charge in [0.05, 0.1) is 5.02 Å². The number of nitrogens with two attached hydrogens (primary N) is 1. The van der Waals surface area contributed by atoms with Crippen LogP contribution >= 0.6 is 35.0 Å². The number of rotatable bonds is 11. The van der Waals surface area contributed by atoms with Gasteiger partial charge in [-0.05, 0) is 18.6 Å². The zero-order chi connectivity index (χ0) is 19.9. The topological polar surface area (TPSA) is 127 Å². The summed E-state index contributed by atoms with van der Waals surface area (Å²) in [4.78, 5) is 34.0. The number of carbonyl (C=O) groups excluding carboxylic acids is 1. The number of carboxylic acids is 2. The predicted molar refractivity (Wildman–Crippen MR) is 101 cm³/mol. The molecule has 0 aliphatic carbocycles. The van der Waals surface area contributed by atoms with Crippen molar-refractivity contribution in [3.63, 3.8) is 0 Å². The van der Waals surface area contributed by atoms with Crippen molar-refractivity contribution in [3.8, 4) is 5.75 Å². The molecule has 0 saturated carbocycles. The summed E-state index contributed by atoms with van der Waals surface area (Å²) in [5.74, 6) is -2.23. The molecule has 0 aliphatic heterocycles. The van der Waals surface area contributed by atoms with Crippen LogP contribution in [0.2, 0.25) is 10.0 Å². The Morgan fingerprint density at radius 1 is 1.19 bits per heavy atom. The number of carbonyl (C=O) groups is 3. The van der Waals surface area contributed by atoms with Gasteiger partial charge in [0.1, 0.15) is 16.8 Å². The van der Waals surface area contributed by atoms with Crippen molar-refractivity contribution in [3.05, 3.63) is 27.7 Å². The maximum atomic E-state index is 12.7. The van der Waals surface area contributed by atoms with E-state index in [-0.39, 0.29) is 38.8 Å². The third-order valence-electron chi connectivity index (χ3n) is 3.46. The summed E-state index contributed by atoms with van der Waals surface area (Å²) in [5.41, 5.74) is 5.65. The zero-order valence-electron chi connectivity index (χ0n) is 13.9. The molecule has 0 spiro atoms. The highest BCUT2D eigenvalue weighted by atomic mass is 35.5. The third-order valence-corrected chi connectivity index (χ3v) is 5.56. The summed E-state index contributed by atoms with van der Waals surface area (Å²) in [6, 6.07) is 1.84. The molecule has 1 aromatic carbocycles. The van der Waals surface area contributed by atoms with E-state index < -0.39 is 24.6 Å². The largest absolute Gasteiger partial charge is 0.480 e. The quantitative estimate of drug-likeness (QED) is 0.463. The first-order valence-electron chi connectivity index (χ1n) is 7.61. The van der Waals surface area contributed by atoms with Gasteiger partial charge in [-0.25, -0.2) is 4.79 Å². The summed E-state index contributed by atoms with van der Waals surface area (Å²) < 4.78 is 5.01. The maximum absolute atomic E-state index is 12.7. The number of ether oxygens (including phenoxy) is 1. The number of carboxylic acid groups (broad SMARTS) is 2. The normalized spacial score (nSPS) is 13.1. The Kier molecular flexibility index (Phi) is 9.21. The fourth-order valence-electron chi connectivity index (χ4n) is 1.98. The lowest BCUT2D eigenvalue weighted by Gasteiger charge is -2.16. The van der Waals surface area contributed by atoms with Gasteiger partial charge in [-0.2, -0.15) is 11.8 Å². The predicted octanol–water partition coefficient (Wildman–Crippen LogP) is 2.81. The van der Waals surface area contributed by atoms with Crippen LogP contribution in [0.3, 0.4) is 0 Å². The Morgan fingerprint density at radius 2 is 1.85 bits per heavy atom. The number of halogens is 2. The molecule has 0 saturated heterocycles. The molecule has 0 aromatic heterocycles. The lowest BCUT2D eigenvalue weighted by molar-refractivity contribution is -0.139. The molecule has 1 aromatic rings. The van der Waals surface area contributed by atoms with E-state index in [1.54, 1.807) is 0 Å². The highest BCUT2D eigenvalue weighted by molar-refractivity contribution is 7.99. The van der Waals surface area contributed by atoms with Crippen molar-refractivity contribution in [2.24, 2.45) is 11.7 Å². The lowest BCUT2D eigenvalue weighted by atomic mass is 9.97. The summed E-state index contributed by atoms with van der Waals surface area (Å²) in [6.45, 7) is 1.25. The number of thioether (sulfide) groups is 1. The van der Waals surface area contributed by atoms with Gasteiger partial charge in [-0.1, -0.05) is 30.1 Å². The average Bonchev–Trinajstić information content (AvgIpc) is 2.59. The molecule has 0 bridgehead atoms. The standard InChI is InChI=1S/C16H19Cl2NO6S/c1-2-8(6-26-7-10(19)16(23)24)15(22)9-3-4-11(14(18)13(9)17)25-5-12(20)21/h3-4,8,10H,2,5-7,19H2,1H3,(H,20,21)(H,23,24)/t8-,10+/m1/s1. The molecular formula is C16H19Cl2NO6S. The van der Waals surface area contributed by atoms with E-state index in [0.29, 0.717) is 12.2 Å². The minimum atomic E-state index is -1.17. The molecule has 7 nitrogen and oxygen atoms in total. The third kappa shape index (κ3) is 6.35. The van der Waals surface area contributed by atoms with Crippen LogP contribution < -0.4 is 10.5 Å². The summed E-state index contributed by atoms with van der Waals surface area (Å²) in [5, 5.41) is 17.4. The number of hydrogen-bond donors (Lipinski definition) is 3. The summed E-state index contributed by atoms with van der Waals surface area (Å²) in [6.07, 6.45) is 0.527. The van der Waals surface area contributed by atoms with Crippen molar-refractivity contribution < 1.29 is 29.3 Å². The van der Waals surface area contributed by atoms with Crippen LogP contribution in [0.25, 0.3) is 0 Å². The van der Waals surface area contributed by atoms with E-state index in [9.17, 15) is 14.4 Å². The fourth-order valence-corrected chi connectivity index (χ4v) is 3.65. The van der Waals surface area contributed by atoms with Crippen LogP contribution in [0.5, 0.6) is 5.75 Å². The molecule has 0 radical (unpaired) electrons. The van der Waals surface area contributed by atoms with Crippen LogP contribution in [0.15, 0.2) is 12.1 Å². The molecule has 0 fully saturated rings. The van der Waals surface area contributed by atoms with Gasteiger partial charge in [0, 0.05) is 23.0 Å². The summed E-state index contributed by atoms with van der Waals surface area (Å²) in [7, 11) is 0. The van der Waals surface area contributed by atoms with Gasteiger partial charge in [0.15, 0.2) is 12.4 Å². The van der Waals surface area contributed by atoms with Gasteiger partial charge in [-0.15, -0.1) is 0 Å². The first kappa shape index (κ1) is 22.6. The monoisotopic (exact) mass is 423 g/mol. The molecular weight excluding hydrogens is 405 g/mol. The average molecular weight is 424 g/mol. The second-order valence-corrected chi connectivity index (χ2v) is 7.20. The Balaban J connectivity index is 2.84. The van der Waals surface area contributed by atoms with Crippen molar-refractivity contribution in [1.29, 1.82) is 0 Å². The van der Waals surface area contributed by atoms with Crippen LogP contribution in [0, 0.1) is 5.92 Å². The maximum Gasteiger partial charge on any atom is 0.341 e. The number of aliphatic carboxylic acids is 2. The van der Waals surface area contributed by atoms with Crippen LogP contribution in [-0.2, 0) is 9.59 Å². The van der Waals surface area contributed by atoms with E-state index in [1.165, 1.54) is 23.9 Å². The minimum Gasteiger partial charge on any atom is -0.480 e. The van der Waals surface area contributed by atoms with Gasteiger partial charge >= 0.3 is 11.9 Å².